The van der Waals surface area contributed by atoms with Crippen molar-refractivity contribution in [3.8, 4) is 5.75 Å². The van der Waals surface area contributed by atoms with Crippen molar-refractivity contribution in [2.75, 3.05) is 38.1 Å². The predicted octanol–water partition coefficient (Wildman–Crippen LogP) is 1.46. The predicted molar refractivity (Wildman–Crippen MR) is 110 cm³/mol. The number of halogens is 1. The molecule has 0 amide bonds. The van der Waals surface area contributed by atoms with Crippen LogP contribution in [0.15, 0.2) is 12.1 Å². The Balaban J connectivity index is 2.81. The highest BCUT2D eigenvalue weighted by Gasteiger charge is 2.28. The Morgan fingerprint density at radius 3 is 1.90 bits per heavy atom. The van der Waals surface area contributed by atoms with Crippen LogP contribution in [0.3, 0.4) is 0 Å². The highest BCUT2D eigenvalue weighted by molar-refractivity contribution is 7.92. The average Bonchev–Trinajstić information content (AvgIpc) is 2.53. The van der Waals surface area contributed by atoms with Gasteiger partial charge in [-0.25, -0.2) is 8.42 Å². The van der Waals surface area contributed by atoms with E-state index < -0.39 is 54.3 Å². The average molecular weight is 493 g/mol. The first kappa shape index (κ1) is 26.1. The van der Waals surface area contributed by atoms with Gasteiger partial charge in [-0.1, -0.05) is 11.6 Å². The quantitative estimate of drug-likeness (QED) is 0.398. The van der Waals surface area contributed by atoms with Gasteiger partial charge in [-0.3, -0.25) is 8.37 Å². The van der Waals surface area contributed by atoms with E-state index in [1.807, 2.05) is 0 Å². The first-order valence-corrected chi connectivity index (χ1v) is 14.1. The Morgan fingerprint density at radius 1 is 0.897 bits per heavy atom. The molecular weight excluding hydrogens is 468 g/mol. The first-order chi connectivity index (χ1) is 13.1. The number of ether oxygens (including phenoxy) is 1. The summed E-state index contributed by atoms with van der Waals surface area (Å²) in [6, 6.07) is 3.35. The summed E-state index contributed by atoms with van der Waals surface area (Å²) < 4.78 is 84.4. The fourth-order valence-electron chi connectivity index (χ4n) is 2.33. The van der Waals surface area contributed by atoms with E-state index in [9.17, 15) is 25.3 Å². The van der Waals surface area contributed by atoms with Crippen molar-refractivity contribution in [2.45, 2.75) is 25.5 Å². The van der Waals surface area contributed by atoms with Gasteiger partial charge in [0.25, 0.3) is 20.2 Å². The Labute approximate surface area is 177 Å². The second-order valence-corrected chi connectivity index (χ2v) is 12.6. The van der Waals surface area contributed by atoms with E-state index in [4.69, 9.17) is 16.3 Å². The van der Waals surface area contributed by atoms with E-state index in [0.29, 0.717) is 10.8 Å². The molecule has 9 nitrogen and oxygen atoms in total. The Bertz CT molecular complexity index is 993. The molecule has 0 heterocycles. The van der Waals surface area contributed by atoms with Crippen molar-refractivity contribution in [3.05, 3.63) is 28.3 Å². The smallest absolute Gasteiger partial charge is 0.264 e. The maximum absolute atomic E-state index is 12.6. The molecule has 0 saturated heterocycles. The normalized spacial score (nSPS) is 14.0. The standard InChI is InChI=1S/C16H25ClO9S3/c1-12-9-14(10-13(2)16(12)17)24-7-8-29(22,23)15(11-26-28(4,20)21)5-6-25-27(3,18)19/h9-10,15H,5-8,11H2,1-4H3/t15-/m1/s1. The van der Waals surface area contributed by atoms with Crippen LogP contribution in [0, 0.1) is 13.8 Å². The van der Waals surface area contributed by atoms with Gasteiger partial charge in [0, 0.05) is 5.02 Å². The highest BCUT2D eigenvalue weighted by atomic mass is 35.5. The van der Waals surface area contributed by atoms with Crippen LogP contribution in [0.5, 0.6) is 5.75 Å². The fourth-order valence-corrected chi connectivity index (χ4v) is 4.71. The van der Waals surface area contributed by atoms with Crippen molar-refractivity contribution in [1.82, 2.24) is 0 Å². The zero-order chi connectivity index (χ0) is 22.5. The Kier molecular flexibility index (Phi) is 9.37. The SMILES string of the molecule is Cc1cc(OCCS(=O)(=O)[C@H](CCOS(C)(=O)=O)COS(C)(=O)=O)cc(C)c1Cl. The third-order valence-electron chi connectivity index (χ3n) is 3.76. The molecule has 0 radical (unpaired) electrons. The van der Waals surface area contributed by atoms with Crippen molar-refractivity contribution >= 4 is 41.7 Å². The topological polar surface area (TPSA) is 130 Å². The highest BCUT2D eigenvalue weighted by Crippen LogP contribution is 2.26. The lowest BCUT2D eigenvalue weighted by Gasteiger charge is -2.17. The van der Waals surface area contributed by atoms with Gasteiger partial charge in [0.1, 0.15) is 12.4 Å². The number of hydrogen-bond donors (Lipinski definition) is 0. The van der Waals surface area contributed by atoms with Gasteiger partial charge in [0.15, 0.2) is 9.84 Å². The van der Waals surface area contributed by atoms with Crippen LogP contribution in [0.2, 0.25) is 5.02 Å². The van der Waals surface area contributed by atoms with E-state index >= 15 is 0 Å². The molecule has 0 aliphatic heterocycles. The third-order valence-corrected chi connectivity index (χ3v) is 7.64. The zero-order valence-corrected chi connectivity index (χ0v) is 19.7. The molecule has 0 bridgehead atoms. The number of sulfone groups is 1. The van der Waals surface area contributed by atoms with Gasteiger partial charge in [-0.05, 0) is 43.5 Å². The molecule has 1 aromatic carbocycles. The number of hydrogen-bond acceptors (Lipinski definition) is 9. The summed E-state index contributed by atoms with van der Waals surface area (Å²) in [5.41, 5.74) is 1.56. The molecule has 1 aromatic rings. The molecule has 13 heteroatoms. The Hall–Kier alpha value is -0.920. The molecule has 0 unspecified atom stereocenters. The number of aryl methyl sites for hydroxylation is 2. The van der Waals surface area contributed by atoms with Crippen molar-refractivity contribution in [1.29, 1.82) is 0 Å². The number of benzene rings is 1. The summed E-state index contributed by atoms with van der Waals surface area (Å²) in [6.07, 6.45) is 1.36. The monoisotopic (exact) mass is 492 g/mol. The van der Waals surface area contributed by atoms with E-state index in [0.717, 1.165) is 23.6 Å². The molecule has 0 fully saturated rings. The molecule has 0 saturated carbocycles. The molecule has 0 aliphatic carbocycles. The molecule has 29 heavy (non-hydrogen) atoms. The second-order valence-electron chi connectivity index (χ2n) is 6.51. The van der Waals surface area contributed by atoms with Gasteiger partial charge in [-0.2, -0.15) is 16.8 Å². The van der Waals surface area contributed by atoms with Crippen LogP contribution in [-0.4, -0.2) is 68.6 Å². The fraction of sp³-hybridized carbons (Fsp3) is 0.625. The van der Waals surface area contributed by atoms with Crippen molar-refractivity contribution in [2.24, 2.45) is 0 Å². The van der Waals surface area contributed by atoms with Crippen LogP contribution in [0.25, 0.3) is 0 Å². The summed E-state index contributed by atoms with van der Waals surface area (Å²) in [5, 5.41) is -0.690. The summed E-state index contributed by atoms with van der Waals surface area (Å²) in [7, 11) is -11.5. The molecule has 0 aliphatic rings. The lowest BCUT2D eigenvalue weighted by atomic mass is 10.1. The van der Waals surface area contributed by atoms with Crippen molar-refractivity contribution < 1.29 is 38.4 Å². The minimum absolute atomic E-state index is 0.189. The van der Waals surface area contributed by atoms with E-state index in [-0.39, 0.29) is 13.0 Å². The lowest BCUT2D eigenvalue weighted by Crippen LogP contribution is -2.33. The largest absolute Gasteiger partial charge is 0.493 e. The zero-order valence-electron chi connectivity index (χ0n) is 16.5. The maximum atomic E-state index is 12.6. The van der Waals surface area contributed by atoms with Crippen LogP contribution in [0.1, 0.15) is 17.5 Å². The van der Waals surface area contributed by atoms with Crippen LogP contribution in [-0.2, 0) is 38.4 Å². The summed E-state index contributed by atoms with van der Waals surface area (Å²) >= 11 is 6.08. The minimum Gasteiger partial charge on any atom is -0.493 e. The van der Waals surface area contributed by atoms with Gasteiger partial charge in [0.05, 0.1) is 36.7 Å². The molecule has 1 atom stereocenters. The van der Waals surface area contributed by atoms with Crippen LogP contribution >= 0.6 is 11.6 Å². The van der Waals surface area contributed by atoms with E-state index in [1.165, 1.54) is 0 Å². The van der Waals surface area contributed by atoms with Gasteiger partial charge in [0.2, 0.25) is 0 Å². The summed E-state index contributed by atoms with van der Waals surface area (Å²) in [6.45, 7) is 2.32. The van der Waals surface area contributed by atoms with Crippen LogP contribution in [0.4, 0.5) is 0 Å². The van der Waals surface area contributed by atoms with Gasteiger partial charge < -0.3 is 4.74 Å². The number of rotatable bonds is 12. The minimum atomic E-state index is -3.88. The van der Waals surface area contributed by atoms with Crippen LogP contribution < -0.4 is 4.74 Å². The van der Waals surface area contributed by atoms with Gasteiger partial charge in [-0.15, -0.1) is 0 Å². The van der Waals surface area contributed by atoms with E-state index in [1.54, 1.807) is 26.0 Å². The summed E-state index contributed by atoms with van der Waals surface area (Å²) in [4.78, 5) is 0. The lowest BCUT2D eigenvalue weighted by molar-refractivity contribution is 0.273. The van der Waals surface area contributed by atoms with Gasteiger partial charge >= 0.3 is 0 Å². The Morgan fingerprint density at radius 2 is 1.41 bits per heavy atom. The third kappa shape index (κ3) is 10.1. The van der Waals surface area contributed by atoms with Crippen molar-refractivity contribution in [3.63, 3.8) is 0 Å². The first-order valence-electron chi connectivity index (χ1n) is 8.40. The molecule has 0 spiro atoms. The molecule has 0 aromatic heterocycles. The molecule has 1 rings (SSSR count). The van der Waals surface area contributed by atoms with E-state index in [2.05, 4.69) is 8.37 Å². The second kappa shape index (κ2) is 10.4. The molecule has 168 valence electrons. The molecular formula is C16H25ClO9S3. The summed E-state index contributed by atoms with van der Waals surface area (Å²) in [5.74, 6) is 0.0219. The molecule has 0 N–H and O–H groups in total. The maximum Gasteiger partial charge on any atom is 0.264 e.